The second-order valence-electron chi connectivity index (χ2n) is 6.34. The van der Waals surface area contributed by atoms with Crippen LogP contribution in [0.5, 0.6) is 5.75 Å². The average Bonchev–Trinajstić information content (AvgIpc) is 3.13. The maximum Gasteiger partial charge on any atom is 0.417 e. The van der Waals surface area contributed by atoms with Crippen molar-refractivity contribution in [1.29, 1.82) is 0 Å². The van der Waals surface area contributed by atoms with E-state index in [2.05, 4.69) is 15.1 Å². The van der Waals surface area contributed by atoms with Crippen molar-refractivity contribution in [3.05, 3.63) is 62.7 Å². The minimum atomic E-state index is -4.63. The normalized spacial score (nSPS) is 11.5. The van der Waals surface area contributed by atoms with E-state index in [-0.39, 0.29) is 41.7 Å². The first kappa shape index (κ1) is 22.4. The first-order valence-corrected chi connectivity index (χ1v) is 8.98. The Hall–Kier alpha value is -3.25. The maximum absolute atomic E-state index is 13.0. The van der Waals surface area contributed by atoms with Crippen LogP contribution < -0.4 is 4.74 Å². The fourth-order valence-corrected chi connectivity index (χ4v) is 3.00. The summed E-state index contributed by atoms with van der Waals surface area (Å²) in [5, 5.41) is 15.1. The standard InChI is InChI=1S/C18H15ClF3N5O4/c1-26-9-24-17(25-26)12-3-10(4-15(27(28)29)16(12)30-2)7-31-8-11-5-13(18(20,21)22)14(19)6-23-11/h3-6,9H,7-8H2,1-2H3. The number of aromatic nitrogens is 4. The van der Waals surface area contributed by atoms with Crippen LogP contribution in [-0.4, -0.2) is 31.8 Å². The molecule has 0 aliphatic rings. The number of nitro benzene ring substituents is 1. The van der Waals surface area contributed by atoms with Gasteiger partial charge in [0.2, 0.25) is 5.75 Å². The van der Waals surface area contributed by atoms with Gasteiger partial charge in [-0.1, -0.05) is 11.6 Å². The predicted octanol–water partition coefficient (Wildman–Crippen LogP) is 4.18. The van der Waals surface area contributed by atoms with E-state index in [1.54, 1.807) is 13.1 Å². The third-order valence-corrected chi connectivity index (χ3v) is 4.41. The zero-order chi connectivity index (χ0) is 22.8. The lowest BCUT2D eigenvalue weighted by Gasteiger charge is -2.12. The Balaban J connectivity index is 1.85. The topological polar surface area (TPSA) is 105 Å². The number of halogens is 4. The number of rotatable bonds is 7. The van der Waals surface area contributed by atoms with Gasteiger partial charge in [-0.3, -0.25) is 19.8 Å². The van der Waals surface area contributed by atoms with Gasteiger partial charge in [0, 0.05) is 19.3 Å². The lowest BCUT2D eigenvalue weighted by atomic mass is 10.1. The highest BCUT2D eigenvalue weighted by atomic mass is 35.5. The Bertz CT molecular complexity index is 1120. The molecule has 2 heterocycles. The quantitative estimate of drug-likeness (QED) is 0.387. The summed E-state index contributed by atoms with van der Waals surface area (Å²) in [6.07, 6.45) is -2.31. The number of pyridine rings is 1. The number of nitrogens with zero attached hydrogens (tertiary/aromatic N) is 5. The SMILES string of the molecule is COc1c(-c2ncn(C)n2)cc(COCc2cc(C(F)(F)F)c(Cl)cn2)cc1[N+](=O)[O-]. The molecule has 2 aromatic heterocycles. The van der Waals surface area contributed by atoms with Crippen molar-refractivity contribution < 1.29 is 27.6 Å². The molecule has 0 amide bonds. The van der Waals surface area contributed by atoms with E-state index in [4.69, 9.17) is 21.1 Å². The zero-order valence-corrected chi connectivity index (χ0v) is 16.9. The monoisotopic (exact) mass is 457 g/mol. The molecule has 0 bridgehead atoms. The van der Waals surface area contributed by atoms with Crippen molar-refractivity contribution in [3.63, 3.8) is 0 Å². The van der Waals surface area contributed by atoms with Crippen LogP contribution in [0.2, 0.25) is 5.02 Å². The van der Waals surface area contributed by atoms with E-state index in [1.807, 2.05) is 0 Å². The molecule has 13 heteroatoms. The number of benzene rings is 1. The third kappa shape index (κ3) is 5.09. The minimum Gasteiger partial charge on any atom is -0.490 e. The largest absolute Gasteiger partial charge is 0.490 e. The fourth-order valence-electron chi connectivity index (χ4n) is 2.79. The molecule has 0 fully saturated rings. The Morgan fingerprint density at radius 2 is 1.97 bits per heavy atom. The molecule has 164 valence electrons. The van der Waals surface area contributed by atoms with Crippen molar-refractivity contribution in [2.75, 3.05) is 7.11 Å². The van der Waals surface area contributed by atoms with Crippen molar-refractivity contribution in [2.24, 2.45) is 7.05 Å². The highest BCUT2D eigenvalue weighted by molar-refractivity contribution is 6.31. The molecule has 9 nitrogen and oxygen atoms in total. The lowest BCUT2D eigenvalue weighted by molar-refractivity contribution is -0.385. The van der Waals surface area contributed by atoms with Gasteiger partial charge in [-0.05, 0) is 17.7 Å². The molecule has 0 aliphatic carbocycles. The Kier molecular flexibility index (Phi) is 6.41. The summed E-state index contributed by atoms with van der Waals surface area (Å²) in [7, 11) is 2.92. The second kappa shape index (κ2) is 8.86. The van der Waals surface area contributed by atoms with Crippen LogP contribution in [0.25, 0.3) is 11.4 Å². The number of methoxy groups -OCH3 is 1. The lowest BCUT2D eigenvalue weighted by Crippen LogP contribution is -2.08. The van der Waals surface area contributed by atoms with E-state index in [0.29, 0.717) is 5.56 Å². The van der Waals surface area contributed by atoms with Crippen LogP contribution in [-0.2, 0) is 31.2 Å². The summed E-state index contributed by atoms with van der Waals surface area (Å²) < 4.78 is 51.0. The number of hydrogen-bond acceptors (Lipinski definition) is 7. The molecular weight excluding hydrogens is 443 g/mol. The highest BCUT2D eigenvalue weighted by Gasteiger charge is 2.33. The first-order valence-electron chi connectivity index (χ1n) is 8.60. The van der Waals surface area contributed by atoms with Crippen LogP contribution >= 0.6 is 11.6 Å². The Labute approximate surface area is 178 Å². The molecule has 0 radical (unpaired) electrons. The van der Waals surface area contributed by atoms with Gasteiger partial charge in [0.15, 0.2) is 5.82 Å². The van der Waals surface area contributed by atoms with Crippen molar-refractivity contribution in [3.8, 4) is 17.1 Å². The van der Waals surface area contributed by atoms with Crippen molar-refractivity contribution in [2.45, 2.75) is 19.4 Å². The van der Waals surface area contributed by atoms with E-state index in [0.717, 1.165) is 12.3 Å². The van der Waals surface area contributed by atoms with Gasteiger partial charge in [-0.15, -0.1) is 0 Å². The van der Waals surface area contributed by atoms with Crippen molar-refractivity contribution in [1.82, 2.24) is 19.7 Å². The summed E-state index contributed by atoms with van der Waals surface area (Å²) >= 11 is 5.55. The predicted molar refractivity (Wildman–Crippen MR) is 102 cm³/mol. The number of nitro groups is 1. The van der Waals surface area contributed by atoms with Gasteiger partial charge in [0.05, 0.1) is 47.1 Å². The van der Waals surface area contributed by atoms with Gasteiger partial charge in [-0.25, -0.2) is 4.98 Å². The molecule has 0 saturated carbocycles. The van der Waals surface area contributed by atoms with Crippen molar-refractivity contribution >= 4 is 17.3 Å². The van der Waals surface area contributed by atoms with Crippen LogP contribution in [0.1, 0.15) is 16.8 Å². The van der Waals surface area contributed by atoms with Gasteiger partial charge in [0.25, 0.3) is 0 Å². The molecule has 1 aromatic carbocycles. The molecule has 0 unspecified atom stereocenters. The third-order valence-electron chi connectivity index (χ3n) is 4.11. The molecule has 31 heavy (non-hydrogen) atoms. The van der Waals surface area contributed by atoms with E-state index < -0.39 is 21.7 Å². The van der Waals surface area contributed by atoms with E-state index >= 15 is 0 Å². The summed E-state index contributed by atoms with van der Waals surface area (Å²) in [6, 6.07) is 3.60. The Morgan fingerprint density at radius 1 is 1.23 bits per heavy atom. The van der Waals surface area contributed by atoms with Gasteiger partial charge < -0.3 is 9.47 Å². The summed E-state index contributed by atoms with van der Waals surface area (Å²) in [4.78, 5) is 18.8. The van der Waals surface area contributed by atoms with Crippen LogP contribution in [0.4, 0.5) is 18.9 Å². The number of ether oxygens (including phenoxy) is 2. The highest BCUT2D eigenvalue weighted by Crippen LogP contribution is 2.38. The fraction of sp³-hybridized carbons (Fsp3) is 0.278. The second-order valence-corrected chi connectivity index (χ2v) is 6.75. The van der Waals surface area contributed by atoms with E-state index in [9.17, 15) is 23.3 Å². The van der Waals surface area contributed by atoms with Gasteiger partial charge in [0.1, 0.15) is 6.33 Å². The average molecular weight is 458 g/mol. The smallest absolute Gasteiger partial charge is 0.417 e. The molecule has 3 rings (SSSR count). The molecule has 3 aromatic rings. The van der Waals surface area contributed by atoms with Crippen LogP contribution in [0.15, 0.2) is 30.7 Å². The van der Waals surface area contributed by atoms with Gasteiger partial charge in [-0.2, -0.15) is 18.3 Å². The number of aryl methyl sites for hydroxylation is 1. The molecule has 0 atom stereocenters. The van der Waals surface area contributed by atoms with Crippen LogP contribution in [0.3, 0.4) is 0 Å². The summed E-state index contributed by atoms with van der Waals surface area (Å²) in [5.41, 5.74) is -0.687. The summed E-state index contributed by atoms with van der Waals surface area (Å²) in [5.74, 6) is 0.188. The molecule has 0 spiro atoms. The minimum absolute atomic E-state index is 0.00588. The Morgan fingerprint density at radius 3 is 2.55 bits per heavy atom. The van der Waals surface area contributed by atoms with Gasteiger partial charge >= 0.3 is 11.9 Å². The molecule has 0 saturated heterocycles. The zero-order valence-electron chi connectivity index (χ0n) is 16.2. The van der Waals surface area contributed by atoms with Crippen LogP contribution in [0, 0.1) is 10.1 Å². The maximum atomic E-state index is 13.0. The molecule has 0 N–H and O–H groups in total. The first-order chi connectivity index (χ1) is 14.6. The molecular formula is C18H15ClF3N5O4. The number of hydrogen-bond donors (Lipinski definition) is 0. The van der Waals surface area contributed by atoms with E-state index in [1.165, 1.54) is 24.2 Å². The molecule has 0 aliphatic heterocycles. The summed E-state index contributed by atoms with van der Waals surface area (Å²) in [6.45, 7) is -0.409. The number of alkyl halides is 3.